The lowest BCUT2D eigenvalue weighted by molar-refractivity contribution is -0.128. The zero-order valence-corrected chi connectivity index (χ0v) is 11.9. The minimum atomic E-state index is -0.695. The molecule has 1 aromatic rings. The van der Waals surface area contributed by atoms with E-state index >= 15 is 0 Å². The Hall–Kier alpha value is -1.75. The first-order valence-corrected chi connectivity index (χ1v) is 7.08. The number of aliphatic hydroxyl groups excluding tert-OH is 1. The molecule has 1 aliphatic heterocycles. The molecule has 0 aromatic heterocycles. The summed E-state index contributed by atoms with van der Waals surface area (Å²) in [5.74, 6) is -1.62. The van der Waals surface area contributed by atoms with Crippen LogP contribution in [0, 0.1) is 17.6 Å². The number of nitrogens with zero attached hydrogens (tertiary/aromatic N) is 1. The molecule has 2 atom stereocenters. The van der Waals surface area contributed by atoms with E-state index in [1.165, 1.54) is 18.2 Å². The molecule has 0 radical (unpaired) electrons. The van der Waals surface area contributed by atoms with Crippen molar-refractivity contribution in [3.63, 3.8) is 0 Å². The van der Waals surface area contributed by atoms with Crippen molar-refractivity contribution in [1.82, 2.24) is 4.90 Å². The van der Waals surface area contributed by atoms with Gasteiger partial charge in [0.2, 0.25) is 5.91 Å². The maximum absolute atomic E-state index is 13.5. The summed E-state index contributed by atoms with van der Waals surface area (Å²) in [5.41, 5.74) is -0.213. The first kappa shape index (κ1) is 15.6. The third-order valence-corrected chi connectivity index (χ3v) is 3.84. The van der Waals surface area contributed by atoms with Crippen molar-refractivity contribution < 1.29 is 18.7 Å². The fraction of sp³-hybridized carbons (Fsp3) is 0.438. The number of amides is 1. The van der Waals surface area contributed by atoms with E-state index < -0.39 is 17.7 Å². The molecule has 1 fully saturated rings. The van der Waals surface area contributed by atoms with Gasteiger partial charge in [0.25, 0.3) is 0 Å². The van der Waals surface area contributed by atoms with Crippen molar-refractivity contribution in [3.05, 3.63) is 41.5 Å². The normalized spacial score (nSPS) is 20.8. The zero-order valence-electron chi connectivity index (χ0n) is 11.9. The van der Waals surface area contributed by atoms with E-state index in [4.69, 9.17) is 0 Å². The van der Waals surface area contributed by atoms with Crippen LogP contribution >= 0.6 is 0 Å². The van der Waals surface area contributed by atoms with Crippen molar-refractivity contribution in [1.29, 1.82) is 0 Å². The van der Waals surface area contributed by atoms with Crippen molar-refractivity contribution in [3.8, 4) is 0 Å². The number of benzene rings is 1. The third-order valence-electron chi connectivity index (χ3n) is 3.84. The number of carbonyl (C=O) groups excluding carboxylic acids is 1. The summed E-state index contributed by atoms with van der Waals surface area (Å²) >= 11 is 0. The SMILES string of the molecule is CC(O)C1CCCN(C(=O)/C=C/c2c(F)cccc2F)C1. The van der Waals surface area contributed by atoms with Crippen molar-refractivity contribution >= 4 is 12.0 Å². The van der Waals surface area contributed by atoms with E-state index in [0.717, 1.165) is 25.0 Å². The second kappa shape index (κ2) is 6.80. The summed E-state index contributed by atoms with van der Waals surface area (Å²) in [5, 5.41) is 9.60. The topological polar surface area (TPSA) is 40.5 Å². The van der Waals surface area contributed by atoms with Crippen LogP contribution in [0.5, 0.6) is 0 Å². The van der Waals surface area contributed by atoms with Crippen LogP contribution in [-0.4, -0.2) is 35.1 Å². The Morgan fingerprint density at radius 2 is 2.10 bits per heavy atom. The molecule has 21 heavy (non-hydrogen) atoms. The number of piperidine rings is 1. The lowest BCUT2D eigenvalue weighted by atomic mass is 9.93. The highest BCUT2D eigenvalue weighted by Crippen LogP contribution is 2.20. The van der Waals surface area contributed by atoms with Crippen LogP contribution in [0.25, 0.3) is 6.08 Å². The van der Waals surface area contributed by atoms with Crippen LogP contribution in [0.1, 0.15) is 25.3 Å². The van der Waals surface area contributed by atoms with Gasteiger partial charge in [-0.3, -0.25) is 4.79 Å². The second-order valence-corrected chi connectivity index (χ2v) is 5.40. The fourth-order valence-electron chi connectivity index (χ4n) is 2.53. The molecule has 5 heteroatoms. The van der Waals surface area contributed by atoms with Crippen LogP contribution in [0.15, 0.2) is 24.3 Å². The molecule has 1 aromatic carbocycles. The molecule has 1 amide bonds. The van der Waals surface area contributed by atoms with Gasteiger partial charge in [-0.05, 0) is 38.0 Å². The predicted octanol–water partition coefficient (Wildman–Crippen LogP) is 2.60. The van der Waals surface area contributed by atoms with Crippen LogP contribution in [0.2, 0.25) is 0 Å². The molecule has 1 aliphatic rings. The highest BCUT2D eigenvalue weighted by molar-refractivity contribution is 5.91. The van der Waals surface area contributed by atoms with Crippen LogP contribution in [0.4, 0.5) is 8.78 Å². The summed E-state index contributed by atoms with van der Waals surface area (Å²) < 4.78 is 26.9. The van der Waals surface area contributed by atoms with Gasteiger partial charge in [-0.15, -0.1) is 0 Å². The maximum Gasteiger partial charge on any atom is 0.246 e. The van der Waals surface area contributed by atoms with Gasteiger partial charge in [-0.2, -0.15) is 0 Å². The van der Waals surface area contributed by atoms with Crippen molar-refractivity contribution in [2.24, 2.45) is 5.92 Å². The number of aliphatic hydroxyl groups is 1. The molecule has 114 valence electrons. The molecule has 1 heterocycles. The number of halogens is 2. The average Bonchev–Trinajstić information content (AvgIpc) is 2.46. The molecule has 1 N–H and O–H groups in total. The van der Waals surface area contributed by atoms with Gasteiger partial charge < -0.3 is 10.0 Å². The van der Waals surface area contributed by atoms with E-state index in [9.17, 15) is 18.7 Å². The number of likely N-dealkylation sites (tertiary alicyclic amines) is 1. The summed E-state index contributed by atoms with van der Waals surface area (Å²) in [4.78, 5) is 13.7. The first-order valence-electron chi connectivity index (χ1n) is 7.08. The third kappa shape index (κ3) is 3.88. The number of carbonyl (C=O) groups is 1. The smallest absolute Gasteiger partial charge is 0.246 e. The minimum absolute atomic E-state index is 0.0568. The molecule has 2 unspecified atom stereocenters. The van der Waals surface area contributed by atoms with Crippen LogP contribution < -0.4 is 0 Å². The molecule has 0 saturated carbocycles. The Kier molecular flexibility index (Phi) is 5.07. The summed E-state index contributed by atoms with van der Waals surface area (Å²) in [6.45, 7) is 2.79. The molecular formula is C16H19F2NO2. The number of hydrogen-bond donors (Lipinski definition) is 1. The van der Waals surface area contributed by atoms with Gasteiger partial charge in [-0.1, -0.05) is 6.07 Å². The van der Waals surface area contributed by atoms with Crippen LogP contribution in [-0.2, 0) is 4.79 Å². The minimum Gasteiger partial charge on any atom is -0.393 e. The van der Waals surface area contributed by atoms with Gasteiger partial charge in [0.15, 0.2) is 0 Å². The summed E-state index contributed by atoms with van der Waals surface area (Å²) in [6, 6.07) is 3.58. The molecule has 1 saturated heterocycles. The number of hydrogen-bond acceptors (Lipinski definition) is 2. The largest absolute Gasteiger partial charge is 0.393 e. The predicted molar refractivity (Wildman–Crippen MR) is 76.4 cm³/mol. The maximum atomic E-state index is 13.5. The highest BCUT2D eigenvalue weighted by atomic mass is 19.1. The van der Waals surface area contributed by atoms with E-state index in [2.05, 4.69) is 0 Å². The molecule has 0 aliphatic carbocycles. The Bertz CT molecular complexity index is 523. The second-order valence-electron chi connectivity index (χ2n) is 5.40. The summed E-state index contributed by atoms with van der Waals surface area (Å²) in [7, 11) is 0. The lowest BCUT2D eigenvalue weighted by Crippen LogP contribution is -2.42. The van der Waals surface area contributed by atoms with E-state index in [0.29, 0.717) is 13.1 Å². The van der Waals surface area contributed by atoms with Gasteiger partial charge >= 0.3 is 0 Å². The van der Waals surface area contributed by atoms with Crippen molar-refractivity contribution in [2.45, 2.75) is 25.9 Å². The monoisotopic (exact) mass is 295 g/mol. The van der Waals surface area contributed by atoms with E-state index in [1.807, 2.05) is 0 Å². The molecule has 0 spiro atoms. The standard InChI is InChI=1S/C16H19F2NO2/c1-11(20)12-4-3-9-19(10-12)16(21)8-7-13-14(17)5-2-6-15(13)18/h2,5-8,11-12,20H,3-4,9-10H2,1H3/b8-7+. The fourth-order valence-corrected chi connectivity index (χ4v) is 2.53. The van der Waals surface area contributed by atoms with Crippen LogP contribution in [0.3, 0.4) is 0 Å². The Labute approximate surface area is 122 Å². The molecular weight excluding hydrogens is 276 g/mol. The quantitative estimate of drug-likeness (QED) is 0.871. The Morgan fingerprint density at radius 3 is 2.71 bits per heavy atom. The lowest BCUT2D eigenvalue weighted by Gasteiger charge is -2.33. The first-order chi connectivity index (χ1) is 9.99. The molecule has 2 rings (SSSR count). The molecule has 0 bridgehead atoms. The highest BCUT2D eigenvalue weighted by Gasteiger charge is 2.25. The Morgan fingerprint density at radius 1 is 1.43 bits per heavy atom. The van der Waals surface area contributed by atoms with Gasteiger partial charge in [0, 0.05) is 30.6 Å². The zero-order chi connectivity index (χ0) is 15.4. The van der Waals surface area contributed by atoms with Crippen molar-refractivity contribution in [2.75, 3.05) is 13.1 Å². The number of rotatable bonds is 3. The van der Waals surface area contributed by atoms with Gasteiger partial charge in [-0.25, -0.2) is 8.78 Å². The van der Waals surface area contributed by atoms with Gasteiger partial charge in [0.05, 0.1) is 6.10 Å². The van der Waals surface area contributed by atoms with E-state index in [1.54, 1.807) is 11.8 Å². The average molecular weight is 295 g/mol. The Balaban J connectivity index is 2.05. The van der Waals surface area contributed by atoms with E-state index in [-0.39, 0.29) is 17.4 Å². The summed E-state index contributed by atoms with van der Waals surface area (Å²) in [6.07, 6.45) is 3.59. The van der Waals surface area contributed by atoms with Gasteiger partial charge in [0.1, 0.15) is 11.6 Å². The molecule has 3 nitrogen and oxygen atoms in total.